The molecule has 1 saturated carbocycles. The average molecular weight is 282 g/mol. The molecular formula is C17H22N4. The van der Waals surface area contributed by atoms with Crippen LogP contribution >= 0.6 is 0 Å². The summed E-state index contributed by atoms with van der Waals surface area (Å²) in [6.07, 6.45) is 5.66. The topological polar surface area (TPSA) is 63.8 Å². The van der Waals surface area contributed by atoms with Crippen molar-refractivity contribution in [3.8, 4) is 11.4 Å². The SMILES string of the molecule is Cc1ccccc1-c1ncc(NCCN)c(C2CCC2)n1. The molecule has 0 bridgehead atoms. The van der Waals surface area contributed by atoms with Crippen LogP contribution in [0.3, 0.4) is 0 Å². The first-order valence-electron chi connectivity index (χ1n) is 7.66. The summed E-state index contributed by atoms with van der Waals surface area (Å²) in [5.74, 6) is 1.39. The van der Waals surface area contributed by atoms with E-state index in [1.807, 2.05) is 18.3 Å². The summed E-state index contributed by atoms with van der Waals surface area (Å²) in [5, 5.41) is 3.36. The molecule has 1 heterocycles. The summed E-state index contributed by atoms with van der Waals surface area (Å²) in [7, 11) is 0. The fourth-order valence-corrected chi connectivity index (χ4v) is 2.68. The monoisotopic (exact) mass is 282 g/mol. The molecule has 3 rings (SSSR count). The Morgan fingerprint density at radius 1 is 1.29 bits per heavy atom. The van der Waals surface area contributed by atoms with E-state index in [-0.39, 0.29) is 0 Å². The van der Waals surface area contributed by atoms with E-state index in [2.05, 4.69) is 29.4 Å². The van der Waals surface area contributed by atoms with Crippen molar-refractivity contribution in [2.45, 2.75) is 32.1 Å². The van der Waals surface area contributed by atoms with Crippen molar-refractivity contribution in [2.24, 2.45) is 5.73 Å². The summed E-state index contributed by atoms with van der Waals surface area (Å²) >= 11 is 0. The highest BCUT2D eigenvalue weighted by Crippen LogP contribution is 2.39. The molecule has 4 nitrogen and oxygen atoms in total. The lowest BCUT2D eigenvalue weighted by molar-refractivity contribution is 0.412. The maximum Gasteiger partial charge on any atom is 0.159 e. The minimum Gasteiger partial charge on any atom is -0.381 e. The standard InChI is InChI=1S/C17H22N4/c1-12-5-2-3-8-14(12)17-20-11-15(19-10-9-18)16(21-17)13-6-4-7-13/h2-3,5,8,11,13,19H,4,6-7,9-10,18H2,1H3. The Hall–Kier alpha value is -1.94. The predicted octanol–water partition coefficient (Wildman–Crippen LogP) is 3.09. The molecule has 1 aliphatic carbocycles. The normalized spacial score (nSPS) is 14.8. The molecule has 0 spiro atoms. The van der Waals surface area contributed by atoms with Crippen LogP contribution in [0.5, 0.6) is 0 Å². The number of nitrogens with two attached hydrogens (primary N) is 1. The van der Waals surface area contributed by atoms with Gasteiger partial charge in [-0.05, 0) is 25.3 Å². The lowest BCUT2D eigenvalue weighted by Crippen LogP contribution is -2.18. The minimum absolute atomic E-state index is 0.566. The van der Waals surface area contributed by atoms with Gasteiger partial charge in [-0.2, -0.15) is 0 Å². The van der Waals surface area contributed by atoms with E-state index in [0.29, 0.717) is 12.5 Å². The second kappa shape index (κ2) is 6.22. The van der Waals surface area contributed by atoms with Crippen LogP contribution in [-0.2, 0) is 0 Å². The fraction of sp³-hybridized carbons (Fsp3) is 0.412. The van der Waals surface area contributed by atoms with Gasteiger partial charge in [0.2, 0.25) is 0 Å². The molecule has 2 aromatic rings. The number of nitrogens with zero attached hydrogens (tertiary/aromatic N) is 2. The lowest BCUT2D eigenvalue weighted by Gasteiger charge is -2.27. The van der Waals surface area contributed by atoms with Crippen LogP contribution in [0.1, 0.15) is 36.4 Å². The number of rotatable bonds is 5. The summed E-state index contributed by atoms with van der Waals surface area (Å²) < 4.78 is 0. The van der Waals surface area contributed by atoms with Crippen LogP contribution in [0.15, 0.2) is 30.5 Å². The molecule has 21 heavy (non-hydrogen) atoms. The molecule has 1 fully saturated rings. The quantitative estimate of drug-likeness (QED) is 0.884. The first-order chi connectivity index (χ1) is 10.3. The van der Waals surface area contributed by atoms with Gasteiger partial charge in [0.1, 0.15) is 0 Å². The number of hydrogen-bond acceptors (Lipinski definition) is 4. The molecular weight excluding hydrogens is 260 g/mol. The van der Waals surface area contributed by atoms with Gasteiger partial charge in [-0.15, -0.1) is 0 Å². The van der Waals surface area contributed by atoms with E-state index < -0.39 is 0 Å². The van der Waals surface area contributed by atoms with Crippen molar-refractivity contribution < 1.29 is 0 Å². The third-order valence-corrected chi connectivity index (χ3v) is 4.16. The number of hydrogen-bond donors (Lipinski definition) is 2. The molecule has 0 atom stereocenters. The van der Waals surface area contributed by atoms with Gasteiger partial charge in [-0.3, -0.25) is 0 Å². The third kappa shape index (κ3) is 2.90. The van der Waals surface area contributed by atoms with Crippen LogP contribution in [0.25, 0.3) is 11.4 Å². The van der Waals surface area contributed by atoms with Crippen molar-refractivity contribution in [2.75, 3.05) is 18.4 Å². The van der Waals surface area contributed by atoms with Gasteiger partial charge in [-0.1, -0.05) is 30.7 Å². The van der Waals surface area contributed by atoms with Gasteiger partial charge < -0.3 is 11.1 Å². The summed E-state index contributed by atoms with van der Waals surface area (Å²) in [6.45, 7) is 3.47. The predicted molar refractivity (Wildman–Crippen MR) is 86.3 cm³/mol. The van der Waals surface area contributed by atoms with Gasteiger partial charge >= 0.3 is 0 Å². The first-order valence-corrected chi connectivity index (χ1v) is 7.66. The Bertz CT molecular complexity index is 620. The van der Waals surface area contributed by atoms with Crippen LogP contribution in [0.4, 0.5) is 5.69 Å². The van der Waals surface area contributed by atoms with Gasteiger partial charge in [-0.25, -0.2) is 9.97 Å². The largest absolute Gasteiger partial charge is 0.381 e. The number of anilines is 1. The van der Waals surface area contributed by atoms with E-state index in [1.54, 1.807) is 0 Å². The van der Waals surface area contributed by atoms with Crippen molar-refractivity contribution in [3.05, 3.63) is 41.7 Å². The molecule has 0 amide bonds. The highest BCUT2D eigenvalue weighted by atomic mass is 15.0. The zero-order valence-electron chi connectivity index (χ0n) is 12.5. The highest BCUT2D eigenvalue weighted by Gasteiger charge is 2.24. The highest BCUT2D eigenvalue weighted by molar-refractivity contribution is 5.62. The Balaban J connectivity index is 1.98. The number of aryl methyl sites for hydroxylation is 1. The van der Waals surface area contributed by atoms with Gasteiger partial charge in [0.05, 0.1) is 17.6 Å². The van der Waals surface area contributed by atoms with Crippen molar-refractivity contribution in [1.29, 1.82) is 0 Å². The molecule has 110 valence electrons. The number of aromatic nitrogens is 2. The molecule has 1 aliphatic rings. The Kier molecular flexibility index (Phi) is 4.15. The van der Waals surface area contributed by atoms with Crippen molar-refractivity contribution in [1.82, 2.24) is 9.97 Å². The molecule has 0 unspecified atom stereocenters. The van der Waals surface area contributed by atoms with Gasteiger partial charge in [0.25, 0.3) is 0 Å². The van der Waals surface area contributed by atoms with E-state index >= 15 is 0 Å². The molecule has 0 aliphatic heterocycles. The van der Waals surface area contributed by atoms with Crippen LogP contribution < -0.4 is 11.1 Å². The molecule has 1 aromatic heterocycles. The Morgan fingerprint density at radius 3 is 2.76 bits per heavy atom. The lowest BCUT2D eigenvalue weighted by atomic mass is 9.82. The maximum atomic E-state index is 5.59. The summed E-state index contributed by atoms with van der Waals surface area (Å²) in [6, 6.07) is 8.27. The fourth-order valence-electron chi connectivity index (χ4n) is 2.68. The number of nitrogens with one attached hydrogen (secondary N) is 1. The Morgan fingerprint density at radius 2 is 2.10 bits per heavy atom. The van der Waals surface area contributed by atoms with Crippen molar-refractivity contribution >= 4 is 5.69 Å². The van der Waals surface area contributed by atoms with Gasteiger partial charge in [0, 0.05) is 24.6 Å². The molecule has 3 N–H and O–H groups in total. The first kappa shape index (κ1) is 14.0. The van der Waals surface area contributed by atoms with Crippen molar-refractivity contribution in [3.63, 3.8) is 0 Å². The van der Waals surface area contributed by atoms with E-state index in [9.17, 15) is 0 Å². The van der Waals surface area contributed by atoms with Crippen LogP contribution in [-0.4, -0.2) is 23.1 Å². The molecule has 1 aromatic carbocycles. The van der Waals surface area contributed by atoms with E-state index in [4.69, 9.17) is 10.7 Å². The van der Waals surface area contributed by atoms with Gasteiger partial charge in [0.15, 0.2) is 5.82 Å². The molecule has 0 saturated heterocycles. The van der Waals surface area contributed by atoms with Crippen LogP contribution in [0, 0.1) is 6.92 Å². The minimum atomic E-state index is 0.566. The average Bonchev–Trinajstić information content (AvgIpc) is 2.45. The number of benzene rings is 1. The van der Waals surface area contributed by atoms with E-state index in [0.717, 1.165) is 29.3 Å². The zero-order chi connectivity index (χ0) is 14.7. The summed E-state index contributed by atoms with van der Waals surface area (Å²) in [5.41, 5.74) is 10.1. The molecule has 4 heteroatoms. The zero-order valence-corrected chi connectivity index (χ0v) is 12.5. The summed E-state index contributed by atoms with van der Waals surface area (Å²) in [4.78, 5) is 9.41. The van der Waals surface area contributed by atoms with Crippen LogP contribution in [0.2, 0.25) is 0 Å². The molecule has 0 radical (unpaired) electrons. The smallest absolute Gasteiger partial charge is 0.159 e. The third-order valence-electron chi connectivity index (χ3n) is 4.16. The Labute approximate surface area is 125 Å². The van der Waals surface area contributed by atoms with E-state index in [1.165, 1.54) is 24.8 Å². The maximum absolute atomic E-state index is 5.59. The second-order valence-electron chi connectivity index (χ2n) is 5.65. The second-order valence-corrected chi connectivity index (χ2v) is 5.65.